The second-order valence-corrected chi connectivity index (χ2v) is 2.24. The summed E-state index contributed by atoms with van der Waals surface area (Å²) in [5.74, 6) is 0.752. The molecule has 0 atom stereocenters. The zero-order chi connectivity index (χ0) is 9.56. The van der Waals surface area contributed by atoms with E-state index in [0.29, 0.717) is 0 Å². The van der Waals surface area contributed by atoms with Gasteiger partial charge in [-0.05, 0) is 20.3 Å². The van der Waals surface area contributed by atoms with Crippen LogP contribution in [0.2, 0.25) is 0 Å². The first-order chi connectivity index (χ1) is 5.74. The summed E-state index contributed by atoms with van der Waals surface area (Å²) in [7, 11) is 0. The first-order valence-electron chi connectivity index (χ1n) is 4.41. The lowest BCUT2D eigenvalue weighted by molar-refractivity contribution is 0.820. The van der Waals surface area contributed by atoms with Gasteiger partial charge in [0.25, 0.3) is 0 Å². The van der Waals surface area contributed by atoms with Gasteiger partial charge in [0.15, 0.2) is 0 Å². The van der Waals surface area contributed by atoms with Gasteiger partial charge in [-0.25, -0.2) is 4.98 Å². The van der Waals surface area contributed by atoms with E-state index in [1.165, 1.54) is 0 Å². The van der Waals surface area contributed by atoms with E-state index in [0.717, 1.165) is 23.6 Å². The van der Waals surface area contributed by atoms with Gasteiger partial charge in [0.1, 0.15) is 5.82 Å². The molecule has 3 heteroatoms. The van der Waals surface area contributed by atoms with Crippen LogP contribution in [0.4, 0.5) is 0 Å². The highest BCUT2D eigenvalue weighted by atomic mass is 15.2. The molecule has 1 aromatic rings. The summed E-state index contributed by atoms with van der Waals surface area (Å²) in [6.07, 6.45) is 0.933. The highest BCUT2D eigenvalue weighted by Crippen LogP contribution is 1.99. The number of rotatable bonds is 1. The van der Waals surface area contributed by atoms with E-state index in [1.807, 2.05) is 27.7 Å². The molecule has 0 spiro atoms. The van der Waals surface area contributed by atoms with Crippen LogP contribution in [0.25, 0.3) is 0 Å². The maximum atomic E-state index is 4.22. The SMILES string of the molecule is CC.CCc1nc(C)nnc1C. The summed E-state index contributed by atoms with van der Waals surface area (Å²) in [6, 6.07) is 0. The van der Waals surface area contributed by atoms with Crippen LogP contribution in [0.15, 0.2) is 0 Å². The third-order valence-electron chi connectivity index (χ3n) is 1.39. The fourth-order valence-electron chi connectivity index (χ4n) is 0.839. The molecule has 1 aromatic heterocycles. The molecule has 68 valence electrons. The number of hydrogen-bond acceptors (Lipinski definition) is 3. The molecular weight excluding hydrogens is 150 g/mol. The maximum Gasteiger partial charge on any atom is 0.148 e. The first kappa shape index (κ1) is 11.0. The Hall–Kier alpha value is -0.990. The molecule has 1 rings (SSSR count). The molecule has 0 aliphatic heterocycles. The van der Waals surface area contributed by atoms with Crippen molar-refractivity contribution in [3.63, 3.8) is 0 Å². The monoisotopic (exact) mass is 167 g/mol. The lowest BCUT2D eigenvalue weighted by Crippen LogP contribution is -2.00. The quantitative estimate of drug-likeness (QED) is 0.642. The Bertz CT molecular complexity index is 233. The van der Waals surface area contributed by atoms with E-state index in [9.17, 15) is 0 Å². The van der Waals surface area contributed by atoms with Gasteiger partial charge in [-0.2, -0.15) is 5.10 Å². The number of hydrogen-bond donors (Lipinski definition) is 0. The van der Waals surface area contributed by atoms with Crippen LogP contribution in [0.3, 0.4) is 0 Å². The van der Waals surface area contributed by atoms with Gasteiger partial charge in [-0.15, -0.1) is 5.10 Å². The summed E-state index contributed by atoms with van der Waals surface area (Å²) in [5, 5.41) is 7.76. The Morgan fingerprint density at radius 2 is 1.67 bits per heavy atom. The van der Waals surface area contributed by atoms with Crippen molar-refractivity contribution in [1.82, 2.24) is 15.2 Å². The third-order valence-corrected chi connectivity index (χ3v) is 1.39. The fourth-order valence-corrected chi connectivity index (χ4v) is 0.839. The van der Waals surface area contributed by atoms with Gasteiger partial charge in [0.05, 0.1) is 11.4 Å². The smallest absolute Gasteiger partial charge is 0.148 e. The molecule has 0 unspecified atom stereocenters. The predicted molar refractivity (Wildman–Crippen MR) is 50.0 cm³/mol. The molecule has 3 nitrogen and oxygen atoms in total. The Morgan fingerprint density at radius 1 is 1.08 bits per heavy atom. The van der Waals surface area contributed by atoms with Crippen molar-refractivity contribution >= 4 is 0 Å². The van der Waals surface area contributed by atoms with Crippen molar-refractivity contribution in [2.24, 2.45) is 0 Å². The summed E-state index contributed by atoms with van der Waals surface area (Å²) in [6.45, 7) is 9.85. The topological polar surface area (TPSA) is 38.7 Å². The van der Waals surface area contributed by atoms with E-state index in [1.54, 1.807) is 0 Å². The minimum absolute atomic E-state index is 0.752. The molecule has 0 aliphatic carbocycles. The minimum atomic E-state index is 0.752. The van der Waals surface area contributed by atoms with Crippen molar-refractivity contribution < 1.29 is 0 Å². The average Bonchev–Trinajstić information content (AvgIpc) is 2.13. The van der Waals surface area contributed by atoms with Gasteiger partial charge >= 0.3 is 0 Å². The number of aromatic nitrogens is 3. The van der Waals surface area contributed by atoms with Crippen LogP contribution in [0.5, 0.6) is 0 Å². The van der Waals surface area contributed by atoms with Gasteiger partial charge in [-0.3, -0.25) is 0 Å². The van der Waals surface area contributed by atoms with Crippen molar-refractivity contribution in [3.8, 4) is 0 Å². The molecule has 0 amide bonds. The first-order valence-corrected chi connectivity index (χ1v) is 4.41. The summed E-state index contributed by atoms with van der Waals surface area (Å²) in [4.78, 5) is 4.22. The molecule has 1 heterocycles. The molecule has 0 bridgehead atoms. The van der Waals surface area contributed by atoms with Gasteiger partial charge < -0.3 is 0 Å². The lowest BCUT2D eigenvalue weighted by Gasteiger charge is -1.98. The van der Waals surface area contributed by atoms with Crippen LogP contribution in [-0.2, 0) is 6.42 Å². The second kappa shape index (κ2) is 5.63. The molecule has 0 aliphatic rings. The Kier molecular flexibility index (Phi) is 5.17. The van der Waals surface area contributed by atoms with Gasteiger partial charge in [0.2, 0.25) is 0 Å². The highest BCUT2D eigenvalue weighted by molar-refractivity contribution is 5.07. The van der Waals surface area contributed by atoms with Crippen LogP contribution < -0.4 is 0 Å². The summed E-state index contributed by atoms with van der Waals surface area (Å²) >= 11 is 0. The predicted octanol–water partition coefficient (Wildman–Crippen LogP) is 2.08. The van der Waals surface area contributed by atoms with E-state index in [-0.39, 0.29) is 0 Å². The Labute approximate surface area is 74.3 Å². The maximum absolute atomic E-state index is 4.22. The molecule has 0 saturated carbocycles. The van der Waals surface area contributed by atoms with Crippen LogP contribution in [0, 0.1) is 13.8 Å². The van der Waals surface area contributed by atoms with Crippen LogP contribution >= 0.6 is 0 Å². The standard InChI is InChI=1S/C7H11N3.C2H6/c1-4-7-5(2)9-10-6(3)8-7;1-2/h4H2,1-3H3;1-2H3. The van der Waals surface area contributed by atoms with Crippen molar-refractivity contribution in [1.29, 1.82) is 0 Å². The molecule has 0 fully saturated rings. The van der Waals surface area contributed by atoms with Crippen molar-refractivity contribution in [2.75, 3.05) is 0 Å². The molecule has 0 radical (unpaired) electrons. The van der Waals surface area contributed by atoms with Crippen molar-refractivity contribution in [2.45, 2.75) is 41.0 Å². The molecule has 0 aromatic carbocycles. The summed E-state index contributed by atoms with van der Waals surface area (Å²) < 4.78 is 0. The van der Waals surface area contributed by atoms with Crippen LogP contribution in [-0.4, -0.2) is 15.2 Å². The van der Waals surface area contributed by atoms with Crippen molar-refractivity contribution in [3.05, 3.63) is 17.2 Å². The van der Waals surface area contributed by atoms with E-state index in [2.05, 4.69) is 22.1 Å². The minimum Gasteiger partial charge on any atom is -0.234 e. The number of aryl methyl sites for hydroxylation is 3. The van der Waals surface area contributed by atoms with Gasteiger partial charge in [-0.1, -0.05) is 20.8 Å². The van der Waals surface area contributed by atoms with Gasteiger partial charge in [0, 0.05) is 0 Å². The summed E-state index contributed by atoms with van der Waals surface area (Å²) in [5.41, 5.74) is 1.99. The molecule has 12 heavy (non-hydrogen) atoms. The van der Waals surface area contributed by atoms with Crippen LogP contribution in [0.1, 0.15) is 38.0 Å². The number of nitrogens with zero attached hydrogens (tertiary/aromatic N) is 3. The zero-order valence-electron chi connectivity index (χ0n) is 8.55. The largest absolute Gasteiger partial charge is 0.234 e. The second-order valence-electron chi connectivity index (χ2n) is 2.24. The highest BCUT2D eigenvalue weighted by Gasteiger charge is 1.98. The molecular formula is C9H17N3. The molecule has 0 N–H and O–H groups in total. The van der Waals surface area contributed by atoms with E-state index >= 15 is 0 Å². The third kappa shape index (κ3) is 2.95. The zero-order valence-corrected chi connectivity index (χ0v) is 8.55. The van der Waals surface area contributed by atoms with E-state index in [4.69, 9.17) is 0 Å². The Balaban J connectivity index is 0.000000561. The normalized spacial score (nSPS) is 8.75. The fraction of sp³-hybridized carbons (Fsp3) is 0.667. The average molecular weight is 167 g/mol. The van der Waals surface area contributed by atoms with E-state index < -0.39 is 0 Å². The molecule has 0 saturated heterocycles. The Morgan fingerprint density at radius 3 is 2.08 bits per heavy atom. The lowest BCUT2D eigenvalue weighted by atomic mass is 10.3.